The van der Waals surface area contributed by atoms with Crippen molar-refractivity contribution in [2.24, 2.45) is 17.6 Å². The topological polar surface area (TPSA) is 38.5 Å². The van der Waals surface area contributed by atoms with Crippen molar-refractivity contribution in [3.63, 3.8) is 0 Å². The van der Waals surface area contributed by atoms with Gasteiger partial charge in [0, 0.05) is 19.7 Å². The van der Waals surface area contributed by atoms with E-state index in [1.54, 1.807) is 0 Å². The molecule has 1 unspecified atom stereocenters. The predicted molar refractivity (Wildman–Crippen MR) is 71.0 cm³/mol. The summed E-state index contributed by atoms with van der Waals surface area (Å²) in [5.41, 5.74) is 5.73. The summed E-state index contributed by atoms with van der Waals surface area (Å²) in [5.74, 6) is 1.69. The molecule has 1 aliphatic heterocycles. The molecule has 3 heteroatoms. The summed E-state index contributed by atoms with van der Waals surface area (Å²) < 4.78 is 5.69. The first-order chi connectivity index (χ1) is 8.28. The van der Waals surface area contributed by atoms with Crippen molar-refractivity contribution in [2.45, 2.75) is 44.6 Å². The minimum atomic E-state index is 0.500. The van der Waals surface area contributed by atoms with Gasteiger partial charge in [0.05, 0.1) is 6.10 Å². The number of nitrogens with two attached hydrogens (primary N) is 1. The zero-order valence-corrected chi connectivity index (χ0v) is 11.2. The molecular formula is C14H28N2O. The van der Waals surface area contributed by atoms with Gasteiger partial charge in [0.25, 0.3) is 0 Å². The van der Waals surface area contributed by atoms with E-state index in [1.807, 2.05) is 0 Å². The fraction of sp³-hybridized carbons (Fsp3) is 1.00. The molecule has 2 fully saturated rings. The molecule has 0 radical (unpaired) electrons. The highest BCUT2D eigenvalue weighted by Crippen LogP contribution is 2.28. The van der Waals surface area contributed by atoms with E-state index in [0.717, 1.165) is 31.5 Å². The smallest absolute Gasteiger partial charge is 0.0702 e. The average molecular weight is 240 g/mol. The molecule has 100 valence electrons. The first-order valence-electron chi connectivity index (χ1n) is 7.28. The van der Waals surface area contributed by atoms with Crippen LogP contribution in [0.5, 0.6) is 0 Å². The van der Waals surface area contributed by atoms with Crippen LogP contribution in [0.1, 0.15) is 38.5 Å². The Morgan fingerprint density at radius 1 is 1.06 bits per heavy atom. The molecule has 1 saturated carbocycles. The Balaban J connectivity index is 1.63. The molecule has 2 aliphatic rings. The molecule has 1 heterocycles. The molecule has 17 heavy (non-hydrogen) atoms. The van der Waals surface area contributed by atoms with Crippen LogP contribution in [0.2, 0.25) is 0 Å². The maximum Gasteiger partial charge on any atom is 0.0702 e. The first kappa shape index (κ1) is 13.3. The Labute approximate surface area is 106 Å². The lowest BCUT2D eigenvalue weighted by Gasteiger charge is -2.31. The highest BCUT2D eigenvalue weighted by atomic mass is 16.5. The van der Waals surface area contributed by atoms with Crippen LogP contribution < -0.4 is 5.73 Å². The van der Waals surface area contributed by atoms with Gasteiger partial charge in [0.15, 0.2) is 0 Å². The quantitative estimate of drug-likeness (QED) is 0.797. The Hall–Kier alpha value is -0.120. The summed E-state index contributed by atoms with van der Waals surface area (Å²) in [6, 6.07) is 0. The summed E-state index contributed by atoms with van der Waals surface area (Å²) in [6.07, 6.45) is 8.43. The highest BCUT2D eigenvalue weighted by molar-refractivity contribution is 4.76. The van der Waals surface area contributed by atoms with Gasteiger partial charge >= 0.3 is 0 Å². The van der Waals surface area contributed by atoms with Gasteiger partial charge in [-0.2, -0.15) is 0 Å². The second kappa shape index (κ2) is 6.72. The number of rotatable bonds is 5. The van der Waals surface area contributed by atoms with Gasteiger partial charge in [0.2, 0.25) is 0 Å². The van der Waals surface area contributed by atoms with Crippen molar-refractivity contribution in [1.82, 2.24) is 4.90 Å². The summed E-state index contributed by atoms with van der Waals surface area (Å²) in [6.45, 7) is 4.23. The van der Waals surface area contributed by atoms with Crippen LogP contribution in [-0.4, -0.2) is 44.3 Å². The molecule has 3 nitrogen and oxygen atoms in total. The highest BCUT2D eigenvalue weighted by Gasteiger charge is 2.23. The molecule has 1 saturated heterocycles. The molecule has 2 rings (SSSR count). The number of ether oxygens (including phenoxy) is 1. The summed E-state index contributed by atoms with van der Waals surface area (Å²) in [5, 5.41) is 0. The monoisotopic (exact) mass is 240 g/mol. The van der Waals surface area contributed by atoms with Crippen LogP contribution in [0.4, 0.5) is 0 Å². The van der Waals surface area contributed by atoms with Gasteiger partial charge in [-0.15, -0.1) is 0 Å². The van der Waals surface area contributed by atoms with E-state index in [1.165, 1.54) is 45.1 Å². The molecule has 0 aromatic rings. The Kier molecular flexibility index (Phi) is 5.26. The average Bonchev–Trinajstić information content (AvgIpc) is 2.82. The van der Waals surface area contributed by atoms with E-state index in [0.29, 0.717) is 6.10 Å². The normalized spacial score (nSPS) is 34.4. The van der Waals surface area contributed by atoms with Crippen LogP contribution >= 0.6 is 0 Å². The maximum absolute atomic E-state index is 5.73. The van der Waals surface area contributed by atoms with Gasteiger partial charge in [-0.05, 0) is 64.0 Å². The number of hydrogen-bond acceptors (Lipinski definition) is 3. The number of nitrogens with zero attached hydrogens (tertiary/aromatic N) is 1. The molecule has 2 N–H and O–H groups in total. The zero-order valence-electron chi connectivity index (χ0n) is 11.2. The van der Waals surface area contributed by atoms with Crippen molar-refractivity contribution in [1.29, 1.82) is 0 Å². The van der Waals surface area contributed by atoms with Crippen molar-refractivity contribution in [3.8, 4) is 0 Å². The SMILES string of the molecule is CN(CC1CCC(CN)CC1)CC1CCCO1. The summed E-state index contributed by atoms with van der Waals surface area (Å²) >= 11 is 0. The molecule has 0 aromatic carbocycles. The van der Waals surface area contributed by atoms with Crippen molar-refractivity contribution in [3.05, 3.63) is 0 Å². The van der Waals surface area contributed by atoms with Crippen LogP contribution in [0.25, 0.3) is 0 Å². The lowest BCUT2D eigenvalue weighted by Crippen LogP contribution is -2.34. The predicted octanol–water partition coefficient (Wildman–Crippen LogP) is 1.86. The third-order valence-corrected chi connectivity index (χ3v) is 4.41. The van der Waals surface area contributed by atoms with Crippen LogP contribution in [0.15, 0.2) is 0 Å². The fourth-order valence-electron chi connectivity index (χ4n) is 3.30. The van der Waals surface area contributed by atoms with Crippen molar-refractivity contribution in [2.75, 3.05) is 33.3 Å². The van der Waals surface area contributed by atoms with Crippen LogP contribution in [-0.2, 0) is 4.74 Å². The molecule has 0 amide bonds. The van der Waals surface area contributed by atoms with Gasteiger partial charge in [-0.25, -0.2) is 0 Å². The Morgan fingerprint density at radius 2 is 1.76 bits per heavy atom. The molecular weight excluding hydrogens is 212 g/mol. The lowest BCUT2D eigenvalue weighted by molar-refractivity contribution is 0.0730. The standard InChI is InChI=1S/C14H28N2O/c1-16(11-14-3-2-8-17-14)10-13-6-4-12(9-15)5-7-13/h12-14H,2-11,15H2,1H3. The number of likely N-dealkylation sites (N-methyl/N-ethyl adjacent to an activating group) is 1. The second-order valence-corrected chi connectivity index (χ2v) is 5.98. The maximum atomic E-state index is 5.73. The molecule has 1 aliphatic carbocycles. The van der Waals surface area contributed by atoms with Crippen molar-refractivity contribution < 1.29 is 4.74 Å². The molecule has 1 atom stereocenters. The van der Waals surface area contributed by atoms with E-state index < -0.39 is 0 Å². The van der Waals surface area contributed by atoms with E-state index in [2.05, 4.69) is 11.9 Å². The van der Waals surface area contributed by atoms with Crippen molar-refractivity contribution >= 4 is 0 Å². The van der Waals surface area contributed by atoms with E-state index in [4.69, 9.17) is 10.5 Å². The first-order valence-corrected chi connectivity index (χ1v) is 7.28. The van der Waals surface area contributed by atoms with Gasteiger partial charge in [-0.3, -0.25) is 0 Å². The third-order valence-electron chi connectivity index (χ3n) is 4.41. The van der Waals surface area contributed by atoms with Gasteiger partial charge in [0.1, 0.15) is 0 Å². The minimum Gasteiger partial charge on any atom is -0.377 e. The third kappa shape index (κ3) is 4.23. The molecule has 0 bridgehead atoms. The lowest BCUT2D eigenvalue weighted by atomic mass is 9.82. The fourth-order valence-corrected chi connectivity index (χ4v) is 3.30. The minimum absolute atomic E-state index is 0.500. The zero-order chi connectivity index (χ0) is 12.1. The Bertz CT molecular complexity index is 208. The summed E-state index contributed by atoms with van der Waals surface area (Å²) in [7, 11) is 2.25. The van der Waals surface area contributed by atoms with Crippen LogP contribution in [0, 0.1) is 11.8 Å². The van der Waals surface area contributed by atoms with Gasteiger partial charge in [-0.1, -0.05) is 0 Å². The van der Waals surface area contributed by atoms with E-state index >= 15 is 0 Å². The summed E-state index contributed by atoms with van der Waals surface area (Å²) in [4.78, 5) is 2.48. The van der Waals surface area contributed by atoms with E-state index in [-0.39, 0.29) is 0 Å². The van der Waals surface area contributed by atoms with E-state index in [9.17, 15) is 0 Å². The second-order valence-electron chi connectivity index (χ2n) is 5.98. The number of hydrogen-bond donors (Lipinski definition) is 1. The molecule has 0 spiro atoms. The van der Waals surface area contributed by atoms with Crippen LogP contribution in [0.3, 0.4) is 0 Å². The largest absolute Gasteiger partial charge is 0.377 e. The Morgan fingerprint density at radius 3 is 2.35 bits per heavy atom. The van der Waals surface area contributed by atoms with Gasteiger partial charge < -0.3 is 15.4 Å². The molecule has 0 aromatic heterocycles.